The van der Waals surface area contributed by atoms with Gasteiger partial charge in [0.05, 0.1) is 17.2 Å². The number of halogens is 1. The molecule has 0 saturated carbocycles. The van der Waals surface area contributed by atoms with E-state index in [0.29, 0.717) is 40.2 Å². The fourth-order valence-electron chi connectivity index (χ4n) is 4.95. The van der Waals surface area contributed by atoms with Crippen LogP contribution in [0.3, 0.4) is 0 Å². The maximum atomic E-state index is 13.6. The van der Waals surface area contributed by atoms with Crippen LogP contribution in [0.25, 0.3) is 11.1 Å². The number of aromatic nitrogens is 2. The number of nitrogens with one attached hydrogen (secondary N) is 1. The van der Waals surface area contributed by atoms with Crippen LogP contribution in [0.5, 0.6) is 0 Å². The molecule has 0 saturated heterocycles. The first-order valence-corrected chi connectivity index (χ1v) is 12.5. The first-order valence-electron chi connectivity index (χ1n) is 12.1. The van der Waals surface area contributed by atoms with Gasteiger partial charge in [0, 0.05) is 29.5 Å². The van der Waals surface area contributed by atoms with Gasteiger partial charge in [-0.1, -0.05) is 36.7 Å². The molecule has 1 aliphatic rings. The van der Waals surface area contributed by atoms with E-state index in [1.165, 1.54) is 22.9 Å². The highest BCUT2D eigenvalue weighted by Crippen LogP contribution is 2.42. The molecule has 0 aliphatic carbocycles. The van der Waals surface area contributed by atoms with E-state index in [1.807, 2.05) is 6.92 Å². The van der Waals surface area contributed by atoms with Gasteiger partial charge in [-0.25, -0.2) is 4.98 Å². The molecule has 2 aromatic carbocycles. The lowest BCUT2D eigenvalue weighted by molar-refractivity contribution is 0.0986. The summed E-state index contributed by atoms with van der Waals surface area (Å²) in [6.07, 6.45) is 0.489. The third-order valence-corrected chi connectivity index (χ3v) is 6.88. The molecule has 39 heavy (non-hydrogen) atoms. The van der Waals surface area contributed by atoms with Crippen LogP contribution in [0.4, 0.5) is 11.4 Å². The van der Waals surface area contributed by atoms with Crippen LogP contribution >= 0.6 is 11.6 Å². The summed E-state index contributed by atoms with van der Waals surface area (Å²) in [5.74, 6) is -1.04. The lowest BCUT2D eigenvalue weighted by Gasteiger charge is -2.25. The van der Waals surface area contributed by atoms with E-state index in [1.54, 1.807) is 55.3 Å². The molecule has 3 amide bonds. The number of benzene rings is 2. The number of carbonyl (C=O) groups is 3. The third-order valence-electron chi connectivity index (χ3n) is 6.69. The molecule has 3 N–H and O–H groups in total. The number of nitrogens with two attached hydrogens (primary N) is 1. The monoisotopic (exact) mass is 545 g/mol. The highest BCUT2D eigenvalue weighted by atomic mass is 35.5. The van der Waals surface area contributed by atoms with Gasteiger partial charge in [-0.2, -0.15) is 4.74 Å². The molecule has 0 bridgehead atoms. The summed E-state index contributed by atoms with van der Waals surface area (Å²) in [7, 11) is 1.54. The van der Waals surface area contributed by atoms with E-state index in [9.17, 15) is 19.2 Å². The minimum absolute atomic E-state index is 0.00327. The average Bonchev–Trinajstić information content (AvgIpc) is 3.34. The number of hydrogen-bond acceptors (Lipinski definition) is 6. The quantitative estimate of drug-likeness (QED) is 0.343. The molecule has 0 spiro atoms. The van der Waals surface area contributed by atoms with E-state index in [4.69, 9.17) is 21.9 Å². The Morgan fingerprint density at radius 3 is 2.46 bits per heavy atom. The SMILES string of the molecule is CC[C@@H]1c2c(cc(Cl)nc2C(=O)Nc2cccc(C(N)=O)c2)C(=O)N1c1ccc(-c2c(C)on(C)c2=O)cc1. The first kappa shape index (κ1) is 25.9. The number of anilines is 2. The van der Waals surface area contributed by atoms with E-state index < -0.39 is 17.9 Å². The van der Waals surface area contributed by atoms with Crippen molar-refractivity contribution in [1.29, 1.82) is 0 Å². The molecule has 0 unspecified atom stereocenters. The van der Waals surface area contributed by atoms with Gasteiger partial charge in [0.1, 0.15) is 16.6 Å². The Morgan fingerprint density at radius 2 is 1.85 bits per heavy atom. The predicted octanol–water partition coefficient (Wildman–Crippen LogP) is 4.46. The zero-order chi connectivity index (χ0) is 28.0. The average molecular weight is 546 g/mol. The summed E-state index contributed by atoms with van der Waals surface area (Å²) < 4.78 is 6.56. The Labute approximate surface area is 228 Å². The number of pyridine rings is 1. The second-order valence-corrected chi connectivity index (χ2v) is 9.51. The Bertz CT molecular complexity index is 1710. The number of rotatable bonds is 6. The number of fused-ring (bicyclic) bond motifs is 1. The first-order chi connectivity index (χ1) is 18.6. The van der Waals surface area contributed by atoms with Gasteiger partial charge < -0.3 is 20.5 Å². The normalized spacial score (nSPS) is 14.4. The van der Waals surface area contributed by atoms with Crippen molar-refractivity contribution < 1.29 is 18.9 Å². The molecule has 0 radical (unpaired) electrons. The summed E-state index contributed by atoms with van der Waals surface area (Å²) in [6, 6.07) is 14.2. The van der Waals surface area contributed by atoms with Crippen molar-refractivity contribution in [2.75, 3.05) is 10.2 Å². The number of aryl methyl sites for hydroxylation is 2. The van der Waals surface area contributed by atoms with Crippen molar-refractivity contribution in [3.05, 3.63) is 98.2 Å². The van der Waals surface area contributed by atoms with Crippen LogP contribution < -0.4 is 21.5 Å². The Kier molecular flexibility index (Phi) is 6.57. The van der Waals surface area contributed by atoms with Crippen molar-refractivity contribution in [3.63, 3.8) is 0 Å². The molecule has 11 heteroatoms. The van der Waals surface area contributed by atoms with Crippen molar-refractivity contribution in [3.8, 4) is 11.1 Å². The van der Waals surface area contributed by atoms with Gasteiger partial charge in [-0.3, -0.25) is 19.2 Å². The van der Waals surface area contributed by atoms with Crippen LogP contribution in [-0.2, 0) is 7.05 Å². The molecule has 10 nitrogen and oxygen atoms in total. The van der Waals surface area contributed by atoms with E-state index in [-0.39, 0.29) is 33.4 Å². The Morgan fingerprint density at radius 1 is 1.13 bits per heavy atom. The second kappa shape index (κ2) is 9.88. The van der Waals surface area contributed by atoms with Crippen molar-refractivity contribution >= 4 is 40.7 Å². The van der Waals surface area contributed by atoms with Crippen molar-refractivity contribution in [2.45, 2.75) is 26.3 Å². The lowest BCUT2D eigenvalue weighted by atomic mass is 10.00. The highest BCUT2D eigenvalue weighted by molar-refractivity contribution is 6.30. The minimum atomic E-state index is -0.630. The lowest BCUT2D eigenvalue weighted by Crippen LogP contribution is -2.28. The standard InChI is InChI=1S/C28H24ClN5O5/c1-4-20-23-19(13-21(29)32-24(23)26(36)31-17-7-5-6-16(12-17)25(30)35)27(37)34(20)18-10-8-15(9-11-18)22-14(2)39-33(3)28(22)38/h5-13,20H,4H2,1-3H3,(H2,30,35)(H,31,36)/t20-/m1/s1. The van der Waals surface area contributed by atoms with Gasteiger partial charge in [0.2, 0.25) is 5.91 Å². The minimum Gasteiger partial charge on any atom is -0.381 e. The molecular formula is C28H24ClN5O5. The second-order valence-electron chi connectivity index (χ2n) is 9.13. The van der Waals surface area contributed by atoms with Crippen LogP contribution in [0.1, 0.15) is 61.9 Å². The zero-order valence-electron chi connectivity index (χ0n) is 21.3. The van der Waals surface area contributed by atoms with E-state index in [0.717, 1.165) is 0 Å². The van der Waals surface area contributed by atoms with Crippen LogP contribution in [0, 0.1) is 6.92 Å². The summed E-state index contributed by atoms with van der Waals surface area (Å²) >= 11 is 6.25. The van der Waals surface area contributed by atoms with E-state index >= 15 is 0 Å². The van der Waals surface area contributed by atoms with Gasteiger partial charge in [-0.15, -0.1) is 0 Å². The third kappa shape index (κ3) is 4.48. The number of hydrogen-bond donors (Lipinski definition) is 2. The molecule has 2 aromatic heterocycles. The maximum Gasteiger partial charge on any atom is 0.290 e. The van der Waals surface area contributed by atoms with Gasteiger partial charge in [0.15, 0.2) is 0 Å². The van der Waals surface area contributed by atoms with Gasteiger partial charge in [0.25, 0.3) is 17.4 Å². The van der Waals surface area contributed by atoms with Crippen LogP contribution in [-0.4, -0.2) is 27.4 Å². The highest BCUT2D eigenvalue weighted by Gasteiger charge is 2.41. The van der Waals surface area contributed by atoms with E-state index in [2.05, 4.69) is 10.3 Å². The Hall–Kier alpha value is -4.70. The fraction of sp³-hybridized carbons (Fsp3) is 0.179. The predicted molar refractivity (Wildman–Crippen MR) is 146 cm³/mol. The van der Waals surface area contributed by atoms with Gasteiger partial charge in [-0.05, 0) is 55.3 Å². The maximum absolute atomic E-state index is 13.6. The molecule has 4 aromatic rings. The molecule has 3 heterocycles. The Balaban J connectivity index is 1.51. The van der Waals surface area contributed by atoms with Gasteiger partial charge >= 0.3 is 0 Å². The molecular weight excluding hydrogens is 522 g/mol. The summed E-state index contributed by atoms with van der Waals surface area (Å²) in [5.41, 5.74) is 8.11. The van der Waals surface area contributed by atoms with Crippen LogP contribution in [0.15, 0.2) is 63.9 Å². The number of nitrogens with zero attached hydrogens (tertiary/aromatic N) is 3. The summed E-state index contributed by atoms with van der Waals surface area (Å²) in [6.45, 7) is 3.62. The number of amides is 3. The topological polar surface area (TPSA) is 141 Å². The summed E-state index contributed by atoms with van der Waals surface area (Å²) in [5, 5.41) is 2.72. The van der Waals surface area contributed by atoms with Crippen molar-refractivity contribution in [1.82, 2.24) is 9.72 Å². The molecule has 1 atom stereocenters. The number of primary amides is 1. The number of carbonyl (C=O) groups excluding carboxylic acids is 3. The largest absolute Gasteiger partial charge is 0.381 e. The fourth-order valence-corrected chi connectivity index (χ4v) is 5.15. The molecule has 1 aliphatic heterocycles. The molecule has 198 valence electrons. The zero-order valence-corrected chi connectivity index (χ0v) is 22.1. The summed E-state index contributed by atoms with van der Waals surface area (Å²) in [4.78, 5) is 56.9. The molecule has 5 rings (SSSR count). The van der Waals surface area contributed by atoms with Crippen LogP contribution in [0.2, 0.25) is 5.15 Å². The van der Waals surface area contributed by atoms with Crippen molar-refractivity contribution in [2.24, 2.45) is 12.8 Å². The smallest absolute Gasteiger partial charge is 0.290 e. The molecule has 0 fully saturated rings.